The van der Waals surface area contributed by atoms with Gasteiger partial charge in [-0.05, 0) is 93.2 Å². The molecule has 256 valence electrons. The number of ether oxygens (including phenoxy) is 1. The van der Waals surface area contributed by atoms with Crippen LogP contribution in [0.15, 0.2) is 36.4 Å². The average Bonchev–Trinajstić information content (AvgIpc) is 3.56. The second kappa shape index (κ2) is 16.8. The maximum atomic E-state index is 12.9. The summed E-state index contributed by atoms with van der Waals surface area (Å²) < 4.78 is 6.02. The lowest BCUT2D eigenvalue weighted by molar-refractivity contribution is -0.137. The van der Waals surface area contributed by atoms with E-state index in [0.29, 0.717) is 25.0 Å². The van der Waals surface area contributed by atoms with Gasteiger partial charge in [-0.25, -0.2) is 4.98 Å². The molecule has 4 aliphatic rings. The van der Waals surface area contributed by atoms with Crippen molar-refractivity contribution in [2.45, 2.75) is 95.5 Å². The first kappa shape index (κ1) is 33.7. The van der Waals surface area contributed by atoms with Gasteiger partial charge in [0.2, 0.25) is 5.91 Å². The van der Waals surface area contributed by atoms with Gasteiger partial charge in [0.25, 0.3) is 0 Å². The molecule has 1 amide bonds. The number of hydrogen-bond acceptors (Lipinski definition) is 7. The molecule has 2 saturated heterocycles. The van der Waals surface area contributed by atoms with E-state index in [2.05, 4.69) is 51.5 Å². The number of aryl methyl sites for hydroxylation is 2. The summed E-state index contributed by atoms with van der Waals surface area (Å²) >= 11 is 0. The van der Waals surface area contributed by atoms with Gasteiger partial charge < -0.3 is 29.9 Å². The van der Waals surface area contributed by atoms with Crippen LogP contribution in [-0.2, 0) is 27.2 Å². The first-order valence-corrected chi connectivity index (χ1v) is 18.4. The van der Waals surface area contributed by atoms with Crippen molar-refractivity contribution in [3.05, 3.63) is 53.2 Å². The molecule has 6 rings (SSSR count). The standard InChI is InChI=1S/C38H55N5O4/c44-36(12-6-24-47-35-10-2-1-3-11-35)43-22-20-42(21-23-43)34-9-4-7-31(25-34)32(26-37(45)46)28-41-19-17-29(27-41)13-15-33-16-14-30-8-5-18-39-38(30)40-33/h4,7,9,14,16,25,29,32,35H,1-3,5-6,8,10-13,15,17-24,26-28H2,(H,39,40)(H,45,46). The zero-order chi connectivity index (χ0) is 32.4. The molecule has 3 aliphatic heterocycles. The number of nitrogens with zero attached hydrogens (tertiary/aromatic N) is 4. The summed E-state index contributed by atoms with van der Waals surface area (Å²) in [4.78, 5) is 36.5. The van der Waals surface area contributed by atoms with Crippen LogP contribution in [0.2, 0.25) is 0 Å². The normalized spacial score (nSPS) is 21.3. The first-order valence-electron chi connectivity index (χ1n) is 18.4. The fourth-order valence-corrected chi connectivity index (χ4v) is 8.04. The van der Waals surface area contributed by atoms with Crippen LogP contribution in [0.25, 0.3) is 0 Å². The van der Waals surface area contributed by atoms with Crippen molar-refractivity contribution in [2.24, 2.45) is 5.92 Å². The number of hydrogen-bond donors (Lipinski definition) is 2. The van der Waals surface area contributed by atoms with Crippen LogP contribution in [-0.4, -0.2) is 96.8 Å². The number of carboxylic acid groups (broad SMARTS) is 1. The molecule has 0 bridgehead atoms. The quantitative estimate of drug-likeness (QED) is 0.252. The van der Waals surface area contributed by atoms with Crippen molar-refractivity contribution >= 4 is 23.4 Å². The summed E-state index contributed by atoms with van der Waals surface area (Å²) in [7, 11) is 0. The van der Waals surface area contributed by atoms with Crippen molar-refractivity contribution in [1.82, 2.24) is 14.8 Å². The number of carbonyl (C=O) groups is 2. The number of amides is 1. The molecule has 0 radical (unpaired) electrons. The maximum absolute atomic E-state index is 12.9. The van der Waals surface area contributed by atoms with Gasteiger partial charge in [0, 0.05) is 76.1 Å². The van der Waals surface area contributed by atoms with Crippen molar-refractivity contribution in [3.8, 4) is 0 Å². The van der Waals surface area contributed by atoms with E-state index in [1.54, 1.807) is 0 Å². The first-order chi connectivity index (χ1) is 23.0. The second-order valence-corrected chi connectivity index (χ2v) is 14.3. The van der Waals surface area contributed by atoms with E-state index in [-0.39, 0.29) is 18.2 Å². The SMILES string of the molecule is O=C(O)CC(CN1CCC(CCc2ccc3c(n2)NCCC3)C1)c1cccc(N2CCN(C(=O)CCCOC3CCCCC3)CC2)c1. The number of aliphatic carboxylic acids is 1. The minimum Gasteiger partial charge on any atom is -0.481 e. The highest BCUT2D eigenvalue weighted by molar-refractivity contribution is 5.76. The molecule has 2 aromatic rings. The van der Waals surface area contributed by atoms with E-state index in [1.165, 1.54) is 49.8 Å². The summed E-state index contributed by atoms with van der Waals surface area (Å²) in [6.07, 6.45) is 13.6. The monoisotopic (exact) mass is 645 g/mol. The number of aromatic nitrogens is 1. The Balaban J connectivity index is 0.960. The molecule has 0 spiro atoms. The van der Waals surface area contributed by atoms with E-state index in [1.807, 2.05) is 4.90 Å². The molecule has 1 aromatic carbocycles. The smallest absolute Gasteiger partial charge is 0.304 e. The number of pyridine rings is 1. The van der Waals surface area contributed by atoms with Crippen LogP contribution in [0.4, 0.5) is 11.5 Å². The number of piperazine rings is 1. The molecule has 4 heterocycles. The van der Waals surface area contributed by atoms with Crippen molar-refractivity contribution < 1.29 is 19.4 Å². The largest absolute Gasteiger partial charge is 0.481 e. The Morgan fingerprint density at radius 2 is 1.85 bits per heavy atom. The molecule has 9 nitrogen and oxygen atoms in total. The van der Waals surface area contributed by atoms with E-state index in [4.69, 9.17) is 9.72 Å². The van der Waals surface area contributed by atoms with E-state index >= 15 is 0 Å². The van der Waals surface area contributed by atoms with Gasteiger partial charge >= 0.3 is 5.97 Å². The Hall–Kier alpha value is -3.17. The van der Waals surface area contributed by atoms with Gasteiger partial charge in [-0.15, -0.1) is 0 Å². The topological polar surface area (TPSA) is 98.2 Å². The van der Waals surface area contributed by atoms with Crippen LogP contribution in [0.3, 0.4) is 0 Å². The third kappa shape index (κ3) is 9.69. The van der Waals surface area contributed by atoms with Crippen LogP contribution >= 0.6 is 0 Å². The fraction of sp³-hybridized carbons (Fsp3) is 0.658. The van der Waals surface area contributed by atoms with E-state index < -0.39 is 5.97 Å². The Kier molecular flexibility index (Phi) is 12.0. The van der Waals surface area contributed by atoms with Crippen LogP contribution in [0, 0.1) is 5.92 Å². The van der Waals surface area contributed by atoms with E-state index in [0.717, 1.165) is 102 Å². The summed E-state index contributed by atoms with van der Waals surface area (Å²) in [5.41, 5.74) is 4.72. The molecule has 2 N–H and O–H groups in total. The number of fused-ring (bicyclic) bond motifs is 1. The minimum absolute atomic E-state index is 0.0571. The summed E-state index contributed by atoms with van der Waals surface area (Å²) in [5.74, 6) is 1.10. The van der Waals surface area contributed by atoms with E-state index in [9.17, 15) is 14.7 Å². The number of carboxylic acids is 1. The van der Waals surface area contributed by atoms with Crippen molar-refractivity contribution in [1.29, 1.82) is 0 Å². The number of nitrogens with one attached hydrogen (secondary N) is 1. The molecule has 1 aromatic heterocycles. The summed E-state index contributed by atoms with van der Waals surface area (Å²) in [6, 6.07) is 12.9. The highest BCUT2D eigenvalue weighted by Crippen LogP contribution is 2.30. The van der Waals surface area contributed by atoms with Gasteiger partial charge in [0.15, 0.2) is 0 Å². The van der Waals surface area contributed by atoms with Gasteiger partial charge in [0.1, 0.15) is 5.82 Å². The maximum Gasteiger partial charge on any atom is 0.304 e. The molecular weight excluding hydrogens is 590 g/mol. The fourth-order valence-electron chi connectivity index (χ4n) is 8.04. The lowest BCUT2D eigenvalue weighted by Gasteiger charge is -2.36. The third-order valence-corrected chi connectivity index (χ3v) is 10.8. The predicted octanol–water partition coefficient (Wildman–Crippen LogP) is 5.73. The Labute approximate surface area is 281 Å². The number of likely N-dealkylation sites (tertiary alicyclic amines) is 1. The Bertz CT molecular complexity index is 1320. The number of anilines is 2. The Morgan fingerprint density at radius 3 is 2.68 bits per heavy atom. The van der Waals surface area contributed by atoms with Gasteiger partial charge in [-0.1, -0.05) is 37.5 Å². The molecule has 9 heteroatoms. The lowest BCUT2D eigenvalue weighted by Crippen LogP contribution is -2.48. The predicted molar refractivity (Wildman–Crippen MR) is 186 cm³/mol. The molecule has 2 unspecified atom stereocenters. The third-order valence-electron chi connectivity index (χ3n) is 10.8. The number of benzene rings is 1. The van der Waals surface area contributed by atoms with Crippen LogP contribution < -0.4 is 10.2 Å². The van der Waals surface area contributed by atoms with Crippen molar-refractivity contribution in [3.63, 3.8) is 0 Å². The number of carbonyl (C=O) groups excluding carboxylic acids is 1. The highest BCUT2D eigenvalue weighted by atomic mass is 16.5. The molecule has 3 fully saturated rings. The molecule has 2 atom stereocenters. The van der Waals surface area contributed by atoms with Gasteiger partial charge in [0.05, 0.1) is 12.5 Å². The Morgan fingerprint density at radius 1 is 1.00 bits per heavy atom. The van der Waals surface area contributed by atoms with Gasteiger partial charge in [-0.3, -0.25) is 9.59 Å². The highest BCUT2D eigenvalue weighted by Gasteiger charge is 2.28. The summed E-state index contributed by atoms with van der Waals surface area (Å²) in [6.45, 7) is 7.51. The molecule has 1 saturated carbocycles. The molecular formula is C38H55N5O4. The van der Waals surface area contributed by atoms with Crippen LogP contribution in [0.5, 0.6) is 0 Å². The summed E-state index contributed by atoms with van der Waals surface area (Å²) in [5, 5.41) is 13.3. The lowest BCUT2D eigenvalue weighted by atomic mass is 9.94. The minimum atomic E-state index is -0.750. The molecule has 1 aliphatic carbocycles. The van der Waals surface area contributed by atoms with Crippen LogP contribution in [0.1, 0.15) is 93.4 Å². The second-order valence-electron chi connectivity index (χ2n) is 14.3. The zero-order valence-electron chi connectivity index (χ0n) is 28.2. The average molecular weight is 646 g/mol. The zero-order valence-corrected chi connectivity index (χ0v) is 28.2. The van der Waals surface area contributed by atoms with Gasteiger partial charge in [-0.2, -0.15) is 0 Å². The number of rotatable bonds is 14. The molecule has 47 heavy (non-hydrogen) atoms. The van der Waals surface area contributed by atoms with Crippen molar-refractivity contribution in [2.75, 3.05) is 69.2 Å².